The first-order valence-electron chi connectivity index (χ1n) is 9.92. The molecule has 0 radical (unpaired) electrons. The molecule has 0 fully saturated rings. The van der Waals surface area contributed by atoms with Crippen LogP contribution in [0.1, 0.15) is 43.2 Å². The molecule has 1 amide bonds. The van der Waals surface area contributed by atoms with Crippen molar-refractivity contribution in [1.82, 2.24) is 5.32 Å². The van der Waals surface area contributed by atoms with Gasteiger partial charge in [0.1, 0.15) is 0 Å². The number of hydrogen-bond acceptors (Lipinski definition) is 3. The fourth-order valence-electron chi connectivity index (χ4n) is 4.21. The predicted molar refractivity (Wildman–Crippen MR) is 121 cm³/mol. The van der Waals surface area contributed by atoms with E-state index in [9.17, 15) is 9.59 Å². The molecule has 1 heterocycles. The minimum Gasteiger partial charge on any atom is -0.362 e. The van der Waals surface area contributed by atoms with Crippen molar-refractivity contribution in [3.63, 3.8) is 0 Å². The Morgan fingerprint density at radius 2 is 1.83 bits per heavy atom. The van der Waals surface area contributed by atoms with Crippen LogP contribution in [0, 0.1) is 6.92 Å². The fraction of sp³-hybridized carbons (Fsp3) is 0.250. The number of dihydropyridines is 1. The Hall–Kier alpha value is -2.56. The monoisotopic (exact) mass is 440 g/mol. The molecule has 1 unspecified atom stereocenters. The molecule has 2 aromatic rings. The lowest BCUT2D eigenvalue weighted by Gasteiger charge is -2.34. The largest absolute Gasteiger partial charge is 0.362 e. The molecule has 154 valence electrons. The van der Waals surface area contributed by atoms with Gasteiger partial charge in [-0.3, -0.25) is 9.59 Å². The van der Waals surface area contributed by atoms with Gasteiger partial charge in [0.05, 0.1) is 10.0 Å². The third kappa shape index (κ3) is 3.78. The van der Waals surface area contributed by atoms with Crippen LogP contribution in [0.25, 0.3) is 0 Å². The highest BCUT2D eigenvalue weighted by molar-refractivity contribution is 6.42. The molecule has 0 saturated carbocycles. The summed E-state index contributed by atoms with van der Waals surface area (Å²) in [6.45, 7) is 3.82. The first kappa shape index (κ1) is 20.7. The Labute approximate surface area is 186 Å². The summed E-state index contributed by atoms with van der Waals surface area (Å²) in [4.78, 5) is 26.4. The molecular formula is C24H22Cl2N2O2. The van der Waals surface area contributed by atoms with Gasteiger partial charge in [-0.15, -0.1) is 0 Å². The molecule has 1 aliphatic heterocycles. The molecule has 0 aromatic heterocycles. The minimum atomic E-state index is -0.493. The summed E-state index contributed by atoms with van der Waals surface area (Å²) in [6.07, 6.45) is 2.06. The summed E-state index contributed by atoms with van der Waals surface area (Å²) in [6, 6.07) is 12.9. The second-order valence-electron chi connectivity index (χ2n) is 7.71. The smallest absolute Gasteiger partial charge is 0.254 e. The first-order valence-corrected chi connectivity index (χ1v) is 10.7. The Balaban J connectivity index is 1.82. The molecule has 4 nitrogen and oxygen atoms in total. The zero-order chi connectivity index (χ0) is 21.4. The van der Waals surface area contributed by atoms with E-state index in [1.54, 1.807) is 12.1 Å². The number of Topliss-reactive ketones (excluding diaryl/α,β-unsaturated/α-hetero) is 1. The zero-order valence-corrected chi connectivity index (χ0v) is 18.3. The molecule has 0 spiro atoms. The topological polar surface area (TPSA) is 58.2 Å². The van der Waals surface area contributed by atoms with Crippen molar-refractivity contribution < 1.29 is 9.59 Å². The standard InChI is InChI=1S/C24H22Cl2N2O2/c1-13-6-3-4-7-18(13)28-24(30)21-14(2)27-19-8-5-9-20(29)23(19)22(21)15-10-11-16(25)17(26)12-15/h3-4,6-7,10-12,22,27H,5,8-9H2,1-2H3,(H,28,30). The number of ketones is 1. The number of carbonyl (C=O) groups is 2. The van der Waals surface area contributed by atoms with Crippen LogP contribution in [0.4, 0.5) is 5.69 Å². The first-order chi connectivity index (χ1) is 14.4. The summed E-state index contributed by atoms with van der Waals surface area (Å²) in [5, 5.41) is 7.17. The maximum Gasteiger partial charge on any atom is 0.254 e. The van der Waals surface area contributed by atoms with Crippen molar-refractivity contribution in [1.29, 1.82) is 0 Å². The second kappa shape index (κ2) is 8.29. The van der Waals surface area contributed by atoms with Crippen molar-refractivity contribution in [3.8, 4) is 0 Å². The number of halogens is 2. The fourth-order valence-corrected chi connectivity index (χ4v) is 4.52. The van der Waals surface area contributed by atoms with Crippen LogP contribution < -0.4 is 10.6 Å². The van der Waals surface area contributed by atoms with E-state index in [2.05, 4.69) is 10.6 Å². The summed E-state index contributed by atoms with van der Waals surface area (Å²) in [5.41, 5.74) is 5.30. The molecule has 0 bridgehead atoms. The average molecular weight is 441 g/mol. The van der Waals surface area contributed by atoms with Gasteiger partial charge in [0.15, 0.2) is 5.78 Å². The van der Waals surface area contributed by atoms with E-state index in [1.165, 1.54) is 0 Å². The highest BCUT2D eigenvalue weighted by atomic mass is 35.5. The number of allylic oxidation sites excluding steroid dienone is 3. The van der Waals surface area contributed by atoms with Crippen molar-refractivity contribution >= 4 is 40.6 Å². The quantitative estimate of drug-likeness (QED) is 0.623. The number of nitrogens with one attached hydrogen (secondary N) is 2. The number of carbonyl (C=O) groups excluding carboxylic acids is 2. The lowest BCUT2D eigenvalue weighted by Crippen LogP contribution is -2.35. The van der Waals surface area contributed by atoms with Crippen LogP contribution in [0.5, 0.6) is 0 Å². The van der Waals surface area contributed by atoms with Crippen molar-refractivity contribution in [2.75, 3.05) is 5.32 Å². The van der Waals surface area contributed by atoms with Gasteiger partial charge in [0.2, 0.25) is 0 Å². The minimum absolute atomic E-state index is 0.0634. The van der Waals surface area contributed by atoms with E-state index in [0.717, 1.165) is 41.1 Å². The van der Waals surface area contributed by atoms with Crippen LogP contribution in [-0.2, 0) is 9.59 Å². The number of anilines is 1. The SMILES string of the molecule is CC1=C(C(=O)Nc2ccccc2C)C(c2ccc(Cl)c(Cl)c2)C2=C(CCCC2=O)N1. The predicted octanol–water partition coefficient (Wildman–Crippen LogP) is 5.91. The molecule has 4 rings (SSSR count). The molecule has 1 aliphatic carbocycles. The van der Waals surface area contributed by atoms with Crippen molar-refractivity contribution in [2.45, 2.75) is 39.0 Å². The van der Waals surface area contributed by atoms with Gasteiger partial charge in [-0.2, -0.15) is 0 Å². The zero-order valence-electron chi connectivity index (χ0n) is 16.8. The average Bonchev–Trinajstić information content (AvgIpc) is 2.71. The van der Waals surface area contributed by atoms with Gasteiger partial charge >= 0.3 is 0 Å². The van der Waals surface area contributed by atoms with Crippen LogP contribution in [0.2, 0.25) is 10.0 Å². The number of amides is 1. The maximum absolute atomic E-state index is 13.4. The highest BCUT2D eigenvalue weighted by Gasteiger charge is 2.38. The van der Waals surface area contributed by atoms with E-state index >= 15 is 0 Å². The molecule has 30 heavy (non-hydrogen) atoms. The number of para-hydroxylation sites is 1. The molecular weight excluding hydrogens is 419 g/mol. The molecule has 2 aromatic carbocycles. The van der Waals surface area contributed by atoms with Gasteiger partial charge in [-0.25, -0.2) is 0 Å². The lowest BCUT2D eigenvalue weighted by atomic mass is 9.75. The van der Waals surface area contributed by atoms with E-state index in [0.29, 0.717) is 27.6 Å². The van der Waals surface area contributed by atoms with Gasteiger partial charge in [0.25, 0.3) is 5.91 Å². The van der Waals surface area contributed by atoms with Gasteiger partial charge in [-0.05, 0) is 56.0 Å². The van der Waals surface area contributed by atoms with E-state index in [-0.39, 0.29) is 11.7 Å². The van der Waals surface area contributed by atoms with Crippen LogP contribution in [0.3, 0.4) is 0 Å². The second-order valence-corrected chi connectivity index (χ2v) is 8.52. The van der Waals surface area contributed by atoms with E-state index in [4.69, 9.17) is 23.2 Å². The van der Waals surface area contributed by atoms with Crippen molar-refractivity contribution in [2.24, 2.45) is 0 Å². The van der Waals surface area contributed by atoms with Crippen LogP contribution in [-0.4, -0.2) is 11.7 Å². The van der Waals surface area contributed by atoms with Gasteiger partial charge in [-0.1, -0.05) is 47.5 Å². The van der Waals surface area contributed by atoms with Crippen LogP contribution >= 0.6 is 23.2 Å². The Morgan fingerprint density at radius 1 is 1.07 bits per heavy atom. The Bertz CT molecular complexity index is 1120. The Morgan fingerprint density at radius 3 is 2.57 bits per heavy atom. The molecule has 1 atom stereocenters. The molecule has 2 N–H and O–H groups in total. The summed E-state index contributed by atoms with van der Waals surface area (Å²) in [5.74, 6) is -0.670. The van der Waals surface area contributed by atoms with E-state index in [1.807, 2.05) is 44.2 Å². The number of aryl methyl sites for hydroxylation is 1. The third-order valence-corrected chi connectivity index (χ3v) is 6.43. The lowest BCUT2D eigenvalue weighted by molar-refractivity contribution is -0.116. The van der Waals surface area contributed by atoms with Gasteiger partial charge in [0, 0.05) is 40.6 Å². The molecule has 0 saturated heterocycles. The number of benzene rings is 2. The molecule has 2 aliphatic rings. The molecule has 6 heteroatoms. The van der Waals surface area contributed by atoms with Crippen molar-refractivity contribution in [3.05, 3.63) is 86.2 Å². The summed E-state index contributed by atoms with van der Waals surface area (Å²) >= 11 is 12.4. The number of hydrogen-bond donors (Lipinski definition) is 2. The summed E-state index contributed by atoms with van der Waals surface area (Å²) < 4.78 is 0. The third-order valence-electron chi connectivity index (χ3n) is 5.69. The van der Waals surface area contributed by atoms with Gasteiger partial charge < -0.3 is 10.6 Å². The Kier molecular flexibility index (Phi) is 5.72. The van der Waals surface area contributed by atoms with E-state index < -0.39 is 5.92 Å². The summed E-state index contributed by atoms with van der Waals surface area (Å²) in [7, 11) is 0. The highest BCUT2D eigenvalue weighted by Crippen LogP contribution is 2.43. The van der Waals surface area contributed by atoms with Crippen LogP contribution in [0.15, 0.2) is 65.0 Å². The maximum atomic E-state index is 13.4. The normalized spacial score (nSPS) is 18.8. The number of rotatable bonds is 3.